The lowest BCUT2D eigenvalue weighted by atomic mass is 10.1. The Hall–Kier alpha value is -1.41. The van der Waals surface area contributed by atoms with Crippen molar-refractivity contribution in [3.63, 3.8) is 0 Å². The van der Waals surface area contributed by atoms with Crippen LogP contribution in [-0.2, 0) is 10.0 Å². The van der Waals surface area contributed by atoms with Crippen LogP contribution in [0.4, 0.5) is 0 Å². The van der Waals surface area contributed by atoms with Gasteiger partial charge in [0.1, 0.15) is 4.90 Å². The predicted octanol–water partition coefficient (Wildman–Crippen LogP) is 3.88. The lowest BCUT2D eigenvalue weighted by molar-refractivity contribution is 0.0994. The van der Waals surface area contributed by atoms with Gasteiger partial charge in [0.2, 0.25) is 10.0 Å². The van der Waals surface area contributed by atoms with Crippen molar-refractivity contribution in [1.82, 2.24) is 9.29 Å². The van der Waals surface area contributed by atoms with Crippen LogP contribution in [0.1, 0.15) is 30.1 Å². The molecule has 0 saturated carbocycles. The maximum atomic E-state index is 12.5. The smallest absolute Gasteiger partial charge is 0.244 e. The highest BCUT2D eigenvalue weighted by Gasteiger charge is 2.27. The van der Waals surface area contributed by atoms with Crippen molar-refractivity contribution < 1.29 is 13.2 Å². The van der Waals surface area contributed by atoms with Crippen LogP contribution in [0.25, 0.3) is 0 Å². The molecule has 0 aliphatic carbocycles. The second-order valence-corrected chi connectivity index (χ2v) is 9.81. The molecule has 0 amide bonds. The standard InChI is InChI=1S/C18H19ClN2O3S2/c1-13(18(22)14-5-4-6-15(19)11-14)25-17-8-7-16(12-20-17)26(23,24)21-9-2-3-10-21/h4-8,11-13H,2-3,9-10H2,1H3/t13-/m0/s1. The number of hydrogen-bond donors (Lipinski definition) is 0. The number of carbonyl (C=O) groups excluding carboxylic acids is 1. The van der Waals surface area contributed by atoms with Crippen molar-refractivity contribution in [1.29, 1.82) is 0 Å². The maximum absolute atomic E-state index is 12.5. The van der Waals surface area contributed by atoms with E-state index in [1.54, 1.807) is 43.3 Å². The first-order chi connectivity index (χ1) is 12.4. The average molecular weight is 411 g/mol. The number of ketones is 1. The summed E-state index contributed by atoms with van der Waals surface area (Å²) in [4.78, 5) is 16.9. The van der Waals surface area contributed by atoms with Gasteiger partial charge < -0.3 is 0 Å². The molecule has 0 N–H and O–H groups in total. The molecule has 138 valence electrons. The number of halogens is 1. The van der Waals surface area contributed by atoms with Gasteiger partial charge >= 0.3 is 0 Å². The molecule has 0 bridgehead atoms. The zero-order valence-corrected chi connectivity index (χ0v) is 16.6. The van der Waals surface area contributed by atoms with Crippen molar-refractivity contribution in [3.8, 4) is 0 Å². The number of rotatable bonds is 6. The first-order valence-electron chi connectivity index (χ1n) is 8.30. The molecule has 1 aliphatic rings. The zero-order valence-electron chi connectivity index (χ0n) is 14.3. The van der Waals surface area contributed by atoms with Crippen LogP contribution in [0.2, 0.25) is 5.02 Å². The number of sulfonamides is 1. The normalized spacial score (nSPS) is 16.5. The van der Waals surface area contributed by atoms with E-state index >= 15 is 0 Å². The molecule has 0 radical (unpaired) electrons. The maximum Gasteiger partial charge on any atom is 0.244 e. The predicted molar refractivity (Wildman–Crippen MR) is 103 cm³/mol. The van der Waals surface area contributed by atoms with Gasteiger partial charge in [0.25, 0.3) is 0 Å². The second-order valence-electron chi connectivity index (χ2n) is 6.08. The van der Waals surface area contributed by atoms with Crippen molar-refractivity contribution in [2.75, 3.05) is 13.1 Å². The molecule has 0 unspecified atom stereocenters. The fraction of sp³-hybridized carbons (Fsp3) is 0.333. The van der Waals surface area contributed by atoms with E-state index in [2.05, 4.69) is 4.98 Å². The number of aromatic nitrogens is 1. The third-order valence-corrected chi connectivity index (χ3v) is 7.36. The van der Waals surface area contributed by atoms with E-state index in [4.69, 9.17) is 11.6 Å². The van der Waals surface area contributed by atoms with Crippen LogP contribution in [-0.4, -0.2) is 41.8 Å². The molecule has 1 aliphatic heterocycles. The molecule has 5 nitrogen and oxygen atoms in total. The van der Waals surface area contributed by atoms with E-state index < -0.39 is 10.0 Å². The summed E-state index contributed by atoms with van der Waals surface area (Å²) in [5.41, 5.74) is 0.547. The average Bonchev–Trinajstić information content (AvgIpc) is 3.17. The van der Waals surface area contributed by atoms with Gasteiger partial charge in [-0.25, -0.2) is 13.4 Å². The molecular weight excluding hydrogens is 392 g/mol. The Labute approximate surface area is 162 Å². The third kappa shape index (κ3) is 4.28. The van der Waals surface area contributed by atoms with Crippen molar-refractivity contribution in [3.05, 3.63) is 53.2 Å². The number of hydrogen-bond acceptors (Lipinski definition) is 5. The van der Waals surface area contributed by atoms with Gasteiger partial charge in [-0.3, -0.25) is 4.79 Å². The number of nitrogens with zero attached hydrogens (tertiary/aromatic N) is 2. The van der Waals surface area contributed by atoms with Gasteiger partial charge in [-0.05, 0) is 44.0 Å². The topological polar surface area (TPSA) is 67.3 Å². The molecule has 1 aromatic carbocycles. The molecule has 1 fully saturated rings. The highest BCUT2D eigenvalue weighted by molar-refractivity contribution is 8.00. The molecule has 3 rings (SSSR count). The fourth-order valence-corrected chi connectivity index (χ4v) is 5.30. The summed E-state index contributed by atoms with van der Waals surface area (Å²) < 4.78 is 26.5. The fourth-order valence-electron chi connectivity index (χ4n) is 2.78. The lowest BCUT2D eigenvalue weighted by Crippen LogP contribution is -2.27. The van der Waals surface area contributed by atoms with Crippen LogP contribution in [0.15, 0.2) is 52.5 Å². The number of benzene rings is 1. The largest absolute Gasteiger partial charge is 0.293 e. The number of carbonyl (C=O) groups is 1. The number of pyridine rings is 1. The summed E-state index contributed by atoms with van der Waals surface area (Å²) in [5.74, 6) is -0.0481. The minimum absolute atomic E-state index is 0.0481. The van der Waals surface area contributed by atoms with Gasteiger partial charge in [0, 0.05) is 29.9 Å². The van der Waals surface area contributed by atoms with Crippen molar-refractivity contribution in [2.24, 2.45) is 0 Å². The van der Waals surface area contributed by atoms with Gasteiger partial charge in [-0.1, -0.05) is 35.5 Å². The van der Waals surface area contributed by atoms with Gasteiger partial charge in [-0.2, -0.15) is 4.31 Å². The van der Waals surface area contributed by atoms with Crippen LogP contribution < -0.4 is 0 Å². The van der Waals surface area contributed by atoms with Crippen LogP contribution in [0.3, 0.4) is 0 Å². The summed E-state index contributed by atoms with van der Waals surface area (Å²) in [5, 5.41) is 0.762. The van der Waals surface area contributed by atoms with Crippen LogP contribution in [0, 0.1) is 0 Å². The molecule has 2 heterocycles. The Kier molecular flexibility index (Phi) is 6.02. The molecule has 26 heavy (non-hydrogen) atoms. The molecule has 1 atom stereocenters. The summed E-state index contributed by atoms with van der Waals surface area (Å²) in [6.45, 7) is 2.92. The molecule has 0 spiro atoms. The molecule has 2 aromatic rings. The van der Waals surface area contributed by atoms with E-state index in [0.29, 0.717) is 28.7 Å². The van der Waals surface area contributed by atoms with Gasteiger partial charge in [0.15, 0.2) is 5.78 Å². The zero-order chi connectivity index (χ0) is 18.7. The highest BCUT2D eigenvalue weighted by Crippen LogP contribution is 2.27. The third-order valence-electron chi connectivity index (χ3n) is 4.19. The molecule has 1 aromatic heterocycles. The van der Waals surface area contributed by atoms with E-state index in [9.17, 15) is 13.2 Å². The minimum Gasteiger partial charge on any atom is -0.293 e. The summed E-state index contributed by atoms with van der Waals surface area (Å²) >= 11 is 7.23. The second kappa shape index (κ2) is 8.08. The first kappa shape index (κ1) is 19.4. The van der Waals surface area contributed by atoms with E-state index in [1.165, 1.54) is 22.3 Å². The Balaban J connectivity index is 1.70. The summed E-state index contributed by atoms with van der Waals surface area (Å²) in [6.07, 6.45) is 3.15. The Morgan fingerprint density at radius 1 is 1.23 bits per heavy atom. The van der Waals surface area contributed by atoms with Crippen LogP contribution in [0.5, 0.6) is 0 Å². The van der Waals surface area contributed by atoms with Crippen molar-refractivity contribution in [2.45, 2.75) is 34.9 Å². The first-order valence-corrected chi connectivity index (χ1v) is 11.0. The van der Waals surface area contributed by atoms with Gasteiger partial charge in [-0.15, -0.1) is 0 Å². The van der Waals surface area contributed by atoms with E-state index in [1.807, 2.05) is 0 Å². The Bertz CT molecular complexity index is 895. The number of thioether (sulfide) groups is 1. The minimum atomic E-state index is -3.47. The molecule has 8 heteroatoms. The Morgan fingerprint density at radius 3 is 2.58 bits per heavy atom. The molecular formula is C18H19ClN2O3S2. The highest BCUT2D eigenvalue weighted by atomic mass is 35.5. The van der Waals surface area contributed by atoms with E-state index in [-0.39, 0.29) is 15.9 Å². The van der Waals surface area contributed by atoms with Gasteiger partial charge in [0.05, 0.1) is 10.3 Å². The SMILES string of the molecule is C[C@H](Sc1ccc(S(=O)(=O)N2CCCC2)cn1)C(=O)c1cccc(Cl)c1. The van der Waals surface area contributed by atoms with Crippen LogP contribution >= 0.6 is 23.4 Å². The number of Topliss-reactive ketones (excluding diaryl/α,β-unsaturated/α-hetero) is 1. The lowest BCUT2D eigenvalue weighted by Gasteiger charge is -2.15. The monoisotopic (exact) mass is 410 g/mol. The quantitative estimate of drug-likeness (QED) is 0.534. The summed E-state index contributed by atoms with van der Waals surface area (Å²) in [6, 6.07) is 10.0. The Morgan fingerprint density at radius 2 is 1.96 bits per heavy atom. The summed E-state index contributed by atoms with van der Waals surface area (Å²) in [7, 11) is -3.47. The van der Waals surface area contributed by atoms with E-state index in [0.717, 1.165) is 12.8 Å². The molecule has 1 saturated heterocycles. The van der Waals surface area contributed by atoms with Crippen molar-refractivity contribution >= 4 is 39.2 Å².